The van der Waals surface area contributed by atoms with Crippen LogP contribution in [0.15, 0.2) is 23.6 Å². The van der Waals surface area contributed by atoms with E-state index in [-0.39, 0.29) is 5.97 Å². The largest absolute Gasteiger partial charge is 0.465 e. The number of nitrogens with two attached hydrogens (primary N) is 1. The summed E-state index contributed by atoms with van der Waals surface area (Å²) >= 11 is 1.62. The van der Waals surface area contributed by atoms with Crippen LogP contribution in [0.2, 0.25) is 0 Å². The van der Waals surface area contributed by atoms with E-state index in [9.17, 15) is 4.79 Å². The lowest BCUT2D eigenvalue weighted by molar-refractivity contribution is 0.0601. The van der Waals surface area contributed by atoms with Crippen LogP contribution in [0.25, 0.3) is 0 Å². The third-order valence-electron chi connectivity index (χ3n) is 2.93. The van der Waals surface area contributed by atoms with Crippen molar-refractivity contribution in [3.8, 4) is 0 Å². The van der Waals surface area contributed by atoms with Gasteiger partial charge in [-0.1, -0.05) is 0 Å². The van der Waals surface area contributed by atoms with Gasteiger partial charge in [-0.15, -0.1) is 11.3 Å². The molecule has 0 amide bonds. The van der Waals surface area contributed by atoms with Crippen molar-refractivity contribution in [2.75, 3.05) is 24.8 Å². The van der Waals surface area contributed by atoms with Gasteiger partial charge in [0.1, 0.15) is 0 Å². The van der Waals surface area contributed by atoms with Crippen molar-refractivity contribution in [1.29, 1.82) is 0 Å². The molecule has 0 atom stereocenters. The van der Waals surface area contributed by atoms with E-state index in [2.05, 4.69) is 9.72 Å². The summed E-state index contributed by atoms with van der Waals surface area (Å²) in [5, 5.41) is 3.08. The first kappa shape index (κ1) is 14.3. The molecule has 6 heteroatoms. The van der Waals surface area contributed by atoms with Gasteiger partial charge in [-0.2, -0.15) is 0 Å². The highest BCUT2D eigenvalue weighted by molar-refractivity contribution is 7.09. The van der Waals surface area contributed by atoms with Gasteiger partial charge < -0.3 is 15.4 Å². The number of esters is 1. The molecule has 1 aromatic carbocycles. The van der Waals surface area contributed by atoms with E-state index in [1.807, 2.05) is 30.3 Å². The molecular weight excluding hydrogens is 274 g/mol. The van der Waals surface area contributed by atoms with Crippen LogP contribution >= 0.6 is 11.3 Å². The van der Waals surface area contributed by atoms with Crippen molar-refractivity contribution < 1.29 is 9.53 Å². The summed E-state index contributed by atoms with van der Waals surface area (Å²) in [5.74, 6) is -0.388. The number of carbonyl (C=O) groups excluding carboxylic acids is 1. The Kier molecular flexibility index (Phi) is 4.24. The number of nitrogens with zero attached hydrogens (tertiary/aromatic N) is 2. The average molecular weight is 291 g/mol. The molecule has 0 radical (unpaired) electrons. The van der Waals surface area contributed by atoms with E-state index in [0.29, 0.717) is 17.8 Å². The summed E-state index contributed by atoms with van der Waals surface area (Å²) in [7, 11) is 3.29. The lowest BCUT2D eigenvalue weighted by Gasteiger charge is -2.20. The molecule has 0 fully saturated rings. The minimum Gasteiger partial charge on any atom is -0.465 e. The molecule has 0 unspecified atom stereocenters. The summed E-state index contributed by atoms with van der Waals surface area (Å²) in [4.78, 5) is 17.9. The van der Waals surface area contributed by atoms with Crippen LogP contribution < -0.4 is 10.6 Å². The van der Waals surface area contributed by atoms with Gasteiger partial charge in [0.25, 0.3) is 0 Å². The molecule has 20 heavy (non-hydrogen) atoms. The minimum atomic E-state index is -0.388. The Morgan fingerprint density at radius 2 is 2.25 bits per heavy atom. The number of hydrogen-bond donors (Lipinski definition) is 1. The van der Waals surface area contributed by atoms with Crippen LogP contribution in [0, 0.1) is 6.92 Å². The number of ether oxygens (including phenoxy) is 1. The number of anilines is 2. The zero-order valence-electron chi connectivity index (χ0n) is 11.7. The van der Waals surface area contributed by atoms with Crippen LogP contribution in [-0.2, 0) is 11.3 Å². The second kappa shape index (κ2) is 5.92. The molecule has 1 aromatic heterocycles. The van der Waals surface area contributed by atoms with Crippen LogP contribution in [0.1, 0.15) is 21.1 Å². The Balaban J connectivity index is 2.17. The number of aryl methyl sites for hydroxylation is 1. The second-order valence-electron chi connectivity index (χ2n) is 4.48. The van der Waals surface area contributed by atoms with Crippen molar-refractivity contribution in [2.45, 2.75) is 13.5 Å². The van der Waals surface area contributed by atoms with Gasteiger partial charge in [0, 0.05) is 12.4 Å². The van der Waals surface area contributed by atoms with E-state index in [1.54, 1.807) is 23.5 Å². The van der Waals surface area contributed by atoms with Gasteiger partial charge in [0.2, 0.25) is 0 Å². The van der Waals surface area contributed by atoms with Crippen LogP contribution in [0.5, 0.6) is 0 Å². The number of nitrogen functional groups attached to an aromatic ring is 1. The maximum absolute atomic E-state index is 11.4. The van der Waals surface area contributed by atoms with Crippen molar-refractivity contribution in [3.05, 3.63) is 39.8 Å². The van der Waals surface area contributed by atoms with Gasteiger partial charge in [-0.05, 0) is 25.1 Å². The molecule has 0 saturated heterocycles. The summed E-state index contributed by atoms with van der Waals surface area (Å²) < 4.78 is 4.67. The third kappa shape index (κ3) is 3.08. The maximum Gasteiger partial charge on any atom is 0.337 e. The van der Waals surface area contributed by atoms with Crippen molar-refractivity contribution >= 4 is 28.7 Å². The predicted octanol–water partition coefficient (Wildman–Crippen LogP) is 2.46. The Hall–Kier alpha value is -2.08. The summed E-state index contributed by atoms with van der Waals surface area (Å²) in [6, 6.07) is 5.16. The number of thiazole rings is 1. The molecule has 2 N–H and O–H groups in total. The van der Waals surface area contributed by atoms with Crippen molar-refractivity contribution in [3.63, 3.8) is 0 Å². The summed E-state index contributed by atoms with van der Waals surface area (Å²) in [5.41, 5.74) is 8.87. The number of methoxy groups -OCH3 is 1. The van der Waals surface area contributed by atoms with Gasteiger partial charge in [0.15, 0.2) is 0 Å². The third-order valence-corrected chi connectivity index (χ3v) is 3.75. The minimum absolute atomic E-state index is 0.388. The fourth-order valence-corrected chi connectivity index (χ4v) is 2.56. The molecule has 2 aromatic rings. The zero-order valence-corrected chi connectivity index (χ0v) is 12.5. The van der Waals surface area contributed by atoms with E-state index >= 15 is 0 Å². The molecule has 0 spiro atoms. The van der Waals surface area contributed by atoms with E-state index < -0.39 is 0 Å². The fraction of sp³-hybridized carbons (Fsp3) is 0.286. The smallest absolute Gasteiger partial charge is 0.337 e. The SMILES string of the molecule is COC(=O)c1ccc(N(C)Cc2csc(C)n2)c(N)c1. The van der Waals surface area contributed by atoms with Crippen molar-refractivity contribution in [1.82, 2.24) is 4.98 Å². The highest BCUT2D eigenvalue weighted by Crippen LogP contribution is 2.25. The van der Waals surface area contributed by atoms with Gasteiger partial charge in [0.05, 0.1) is 41.3 Å². The lowest BCUT2D eigenvalue weighted by Crippen LogP contribution is -2.18. The molecular formula is C14H17N3O2S. The first-order chi connectivity index (χ1) is 9.51. The Bertz CT molecular complexity index is 625. The molecule has 0 aliphatic carbocycles. The van der Waals surface area contributed by atoms with Crippen LogP contribution in [0.4, 0.5) is 11.4 Å². The lowest BCUT2D eigenvalue weighted by atomic mass is 10.1. The highest BCUT2D eigenvalue weighted by atomic mass is 32.1. The van der Waals surface area contributed by atoms with Gasteiger partial charge in [-0.25, -0.2) is 9.78 Å². The van der Waals surface area contributed by atoms with Crippen molar-refractivity contribution in [2.24, 2.45) is 0 Å². The Morgan fingerprint density at radius 1 is 1.50 bits per heavy atom. The van der Waals surface area contributed by atoms with Crippen LogP contribution in [-0.4, -0.2) is 25.1 Å². The number of rotatable bonds is 4. The second-order valence-corrected chi connectivity index (χ2v) is 5.54. The van der Waals surface area contributed by atoms with Gasteiger partial charge >= 0.3 is 5.97 Å². The number of aromatic nitrogens is 1. The Labute approximate surface area is 122 Å². The number of hydrogen-bond acceptors (Lipinski definition) is 6. The fourth-order valence-electron chi connectivity index (χ4n) is 1.96. The quantitative estimate of drug-likeness (QED) is 0.692. The standard InChI is InChI=1S/C14H17N3O2S/c1-9-16-11(8-20-9)7-17(2)13-5-4-10(6-12(13)15)14(18)19-3/h4-6,8H,7,15H2,1-3H3. The normalized spacial score (nSPS) is 10.3. The molecule has 0 saturated carbocycles. The van der Waals surface area contributed by atoms with E-state index in [0.717, 1.165) is 16.4 Å². The Morgan fingerprint density at radius 3 is 2.80 bits per heavy atom. The molecule has 1 heterocycles. The molecule has 106 valence electrons. The molecule has 2 rings (SSSR count). The van der Waals surface area contributed by atoms with Gasteiger partial charge in [-0.3, -0.25) is 0 Å². The summed E-state index contributed by atoms with van der Waals surface area (Å²) in [6.45, 7) is 2.65. The highest BCUT2D eigenvalue weighted by Gasteiger charge is 2.11. The molecule has 0 bridgehead atoms. The molecule has 0 aliphatic rings. The van der Waals surface area contributed by atoms with E-state index in [1.165, 1.54) is 7.11 Å². The first-order valence-corrected chi connectivity index (χ1v) is 6.99. The molecule has 5 nitrogen and oxygen atoms in total. The maximum atomic E-state index is 11.4. The van der Waals surface area contributed by atoms with E-state index in [4.69, 9.17) is 5.73 Å². The monoisotopic (exact) mass is 291 g/mol. The predicted molar refractivity (Wildman–Crippen MR) is 81.2 cm³/mol. The zero-order chi connectivity index (χ0) is 14.7. The van der Waals surface area contributed by atoms with Crippen LogP contribution in [0.3, 0.4) is 0 Å². The number of benzene rings is 1. The summed E-state index contributed by atoms with van der Waals surface area (Å²) in [6.07, 6.45) is 0. The first-order valence-electron chi connectivity index (χ1n) is 6.11. The average Bonchev–Trinajstić information content (AvgIpc) is 2.82. The molecule has 0 aliphatic heterocycles. The topological polar surface area (TPSA) is 68.5 Å². The number of carbonyl (C=O) groups is 1.